The van der Waals surface area contributed by atoms with Crippen LogP contribution in [0.3, 0.4) is 0 Å². The van der Waals surface area contributed by atoms with Crippen LogP contribution in [0.4, 0.5) is 5.69 Å². The third-order valence-corrected chi connectivity index (χ3v) is 3.37. The lowest BCUT2D eigenvalue weighted by Crippen LogP contribution is -2.34. The van der Waals surface area contributed by atoms with Crippen molar-refractivity contribution in [2.45, 2.75) is 46.3 Å². The van der Waals surface area contributed by atoms with Crippen molar-refractivity contribution in [1.82, 2.24) is 5.32 Å². The van der Waals surface area contributed by atoms with Crippen molar-refractivity contribution in [2.24, 2.45) is 0 Å². The first-order valence-corrected chi connectivity index (χ1v) is 7.42. The molecule has 0 spiro atoms. The predicted molar refractivity (Wildman–Crippen MR) is 88.6 cm³/mol. The number of nitrogens with one attached hydrogen (secondary N) is 1. The molecule has 0 radical (unpaired) electrons. The molecule has 2 rings (SSSR count). The van der Waals surface area contributed by atoms with Gasteiger partial charge in [0.15, 0.2) is 0 Å². The number of rotatable bonds is 5. The van der Waals surface area contributed by atoms with E-state index >= 15 is 0 Å². The number of hydrogen-bond acceptors (Lipinski definition) is 3. The Hall–Kier alpha value is -1.74. The summed E-state index contributed by atoms with van der Waals surface area (Å²) in [7, 11) is 2.09. The molecule has 3 nitrogen and oxygen atoms in total. The number of furan rings is 1. The molecule has 0 aliphatic heterocycles. The maximum atomic E-state index is 5.67. The Morgan fingerprint density at radius 2 is 1.95 bits per heavy atom. The highest BCUT2D eigenvalue weighted by atomic mass is 16.3. The lowest BCUT2D eigenvalue weighted by molar-refractivity contribution is 0.422. The molecule has 1 N–H and O–H groups in total. The summed E-state index contributed by atoms with van der Waals surface area (Å²) >= 11 is 0. The van der Waals surface area contributed by atoms with Crippen molar-refractivity contribution in [3.8, 4) is 0 Å². The minimum atomic E-state index is 0.121. The highest BCUT2D eigenvalue weighted by Gasteiger charge is 2.11. The van der Waals surface area contributed by atoms with Gasteiger partial charge in [-0.05, 0) is 51.5 Å². The molecular formula is C18H26N2O. The number of anilines is 1. The van der Waals surface area contributed by atoms with E-state index < -0.39 is 0 Å². The van der Waals surface area contributed by atoms with Gasteiger partial charge in [-0.2, -0.15) is 0 Å². The SMILES string of the molecule is Cc1cccc(N(C)Cc2cc(CNC(C)(C)C)co2)c1. The Labute approximate surface area is 128 Å². The average molecular weight is 286 g/mol. The van der Waals surface area contributed by atoms with Crippen LogP contribution in [0.15, 0.2) is 41.0 Å². The number of nitrogens with zero attached hydrogens (tertiary/aromatic N) is 1. The summed E-state index contributed by atoms with van der Waals surface area (Å²) in [5, 5.41) is 3.47. The smallest absolute Gasteiger partial charge is 0.123 e. The summed E-state index contributed by atoms with van der Waals surface area (Å²) in [6, 6.07) is 10.6. The summed E-state index contributed by atoms with van der Waals surface area (Å²) in [5.41, 5.74) is 3.79. The van der Waals surface area contributed by atoms with Gasteiger partial charge in [0.25, 0.3) is 0 Å². The Morgan fingerprint density at radius 1 is 1.19 bits per heavy atom. The molecule has 0 bridgehead atoms. The van der Waals surface area contributed by atoms with Gasteiger partial charge in [0, 0.05) is 30.4 Å². The zero-order valence-electron chi connectivity index (χ0n) is 13.7. The van der Waals surface area contributed by atoms with E-state index in [1.54, 1.807) is 0 Å². The van der Waals surface area contributed by atoms with Crippen LogP contribution in [0.1, 0.15) is 37.7 Å². The molecule has 0 saturated carbocycles. The molecular weight excluding hydrogens is 260 g/mol. The largest absolute Gasteiger partial charge is 0.467 e. The highest BCUT2D eigenvalue weighted by molar-refractivity contribution is 5.47. The molecule has 0 aliphatic carbocycles. The van der Waals surface area contributed by atoms with Gasteiger partial charge in [0.2, 0.25) is 0 Å². The summed E-state index contributed by atoms with van der Waals surface area (Å²) in [6.45, 7) is 10.2. The van der Waals surface area contributed by atoms with Crippen LogP contribution in [-0.4, -0.2) is 12.6 Å². The highest BCUT2D eigenvalue weighted by Crippen LogP contribution is 2.18. The Balaban J connectivity index is 1.96. The molecule has 0 unspecified atom stereocenters. The van der Waals surface area contributed by atoms with Crippen molar-refractivity contribution in [1.29, 1.82) is 0 Å². The fourth-order valence-electron chi connectivity index (χ4n) is 2.16. The normalized spacial score (nSPS) is 11.7. The van der Waals surface area contributed by atoms with Gasteiger partial charge in [-0.1, -0.05) is 12.1 Å². The van der Waals surface area contributed by atoms with Crippen LogP contribution >= 0.6 is 0 Å². The van der Waals surface area contributed by atoms with E-state index in [0.29, 0.717) is 0 Å². The fraction of sp³-hybridized carbons (Fsp3) is 0.444. The molecule has 21 heavy (non-hydrogen) atoms. The van der Waals surface area contributed by atoms with Gasteiger partial charge in [-0.25, -0.2) is 0 Å². The van der Waals surface area contributed by atoms with Crippen molar-refractivity contribution in [2.75, 3.05) is 11.9 Å². The first-order chi connectivity index (χ1) is 9.83. The van der Waals surface area contributed by atoms with Crippen molar-refractivity contribution < 1.29 is 4.42 Å². The van der Waals surface area contributed by atoms with E-state index in [9.17, 15) is 0 Å². The number of benzene rings is 1. The molecule has 1 aromatic heterocycles. The summed E-state index contributed by atoms with van der Waals surface area (Å²) in [4.78, 5) is 2.20. The molecule has 3 heteroatoms. The van der Waals surface area contributed by atoms with Crippen molar-refractivity contribution in [3.63, 3.8) is 0 Å². The Morgan fingerprint density at radius 3 is 2.62 bits per heavy atom. The molecule has 2 aromatic rings. The second-order valence-electron chi connectivity index (χ2n) is 6.72. The van der Waals surface area contributed by atoms with Crippen LogP contribution < -0.4 is 10.2 Å². The van der Waals surface area contributed by atoms with E-state index in [4.69, 9.17) is 4.42 Å². The fourth-order valence-corrected chi connectivity index (χ4v) is 2.16. The topological polar surface area (TPSA) is 28.4 Å². The van der Waals surface area contributed by atoms with Gasteiger partial charge >= 0.3 is 0 Å². The number of aryl methyl sites for hydroxylation is 1. The lowest BCUT2D eigenvalue weighted by Gasteiger charge is -2.19. The van der Waals surface area contributed by atoms with Crippen LogP contribution in [0, 0.1) is 6.92 Å². The molecule has 0 atom stereocenters. The average Bonchev–Trinajstić information content (AvgIpc) is 2.83. The second-order valence-corrected chi connectivity index (χ2v) is 6.72. The number of hydrogen-bond donors (Lipinski definition) is 1. The van der Waals surface area contributed by atoms with E-state index in [1.165, 1.54) is 16.8 Å². The first kappa shape index (κ1) is 15.6. The van der Waals surface area contributed by atoms with E-state index in [1.807, 2.05) is 6.26 Å². The van der Waals surface area contributed by atoms with E-state index in [2.05, 4.69) is 75.3 Å². The predicted octanol–water partition coefficient (Wildman–Crippen LogP) is 4.11. The van der Waals surface area contributed by atoms with Crippen LogP contribution in [0.2, 0.25) is 0 Å². The van der Waals surface area contributed by atoms with Crippen LogP contribution in [0.25, 0.3) is 0 Å². The standard InChI is InChI=1S/C18H26N2O/c1-14-7-6-8-16(9-14)20(5)12-17-10-15(13-21-17)11-19-18(2,3)4/h6-10,13,19H,11-12H2,1-5H3. The van der Waals surface area contributed by atoms with Gasteiger partial charge < -0.3 is 14.6 Å². The zero-order chi connectivity index (χ0) is 15.5. The van der Waals surface area contributed by atoms with Gasteiger partial charge in [0.05, 0.1) is 12.8 Å². The summed E-state index contributed by atoms with van der Waals surface area (Å²) < 4.78 is 5.67. The third-order valence-electron chi connectivity index (χ3n) is 3.37. The molecule has 0 fully saturated rings. The molecule has 1 aromatic carbocycles. The monoisotopic (exact) mass is 286 g/mol. The molecule has 0 amide bonds. The summed E-state index contributed by atoms with van der Waals surface area (Å²) in [5.74, 6) is 0.990. The Kier molecular flexibility index (Phi) is 4.73. The van der Waals surface area contributed by atoms with E-state index in [-0.39, 0.29) is 5.54 Å². The maximum Gasteiger partial charge on any atom is 0.123 e. The van der Waals surface area contributed by atoms with Crippen molar-refractivity contribution in [3.05, 3.63) is 53.5 Å². The first-order valence-electron chi connectivity index (χ1n) is 7.42. The second kappa shape index (κ2) is 6.35. The van der Waals surface area contributed by atoms with Gasteiger partial charge in [0.1, 0.15) is 5.76 Å². The minimum Gasteiger partial charge on any atom is -0.467 e. The third kappa shape index (κ3) is 4.94. The molecule has 114 valence electrons. The lowest BCUT2D eigenvalue weighted by atomic mass is 10.1. The molecule has 1 heterocycles. The molecule has 0 saturated heterocycles. The zero-order valence-corrected chi connectivity index (χ0v) is 13.7. The van der Waals surface area contributed by atoms with Crippen LogP contribution in [-0.2, 0) is 13.1 Å². The molecule has 0 aliphatic rings. The summed E-state index contributed by atoms with van der Waals surface area (Å²) in [6.07, 6.45) is 1.85. The Bertz CT molecular complexity index is 581. The maximum absolute atomic E-state index is 5.67. The van der Waals surface area contributed by atoms with Gasteiger partial charge in [-0.3, -0.25) is 0 Å². The quantitative estimate of drug-likeness (QED) is 0.896. The van der Waals surface area contributed by atoms with Gasteiger partial charge in [-0.15, -0.1) is 0 Å². The van der Waals surface area contributed by atoms with Crippen molar-refractivity contribution >= 4 is 5.69 Å². The minimum absolute atomic E-state index is 0.121. The van der Waals surface area contributed by atoms with Crippen LogP contribution in [0.5, 0.6) is 0 Å². The van der Waals surface area contributed by atoms with E-state index in [0.717, 1.165) is 18.8 Å².